The van der Waals surface area contributed by atoms with E-state index >= 15 is 0 Å². The molecule has 0 aromatic carbocycles. The molecule has 3 unspecified atom stereocenters. The number of rotatable bonds is 5. The smallest absolute Gasteiger partial charge is 0.353 e. The molecule has 0 spiro atoms. The lowest BCUT2D eigenvalue weighted by atomic mass is 9.84. The number of nitrogens with zero attached hydrogens (tertiary/aromatic N) is 1. The van der Waals surface area contributed by atoms with Crippen LogP contribution < -0.4 is 5.32 Å². The highest BCUT2D eigenvalue weighted by molar-refractivity contribution is 8.06. The van der Waals surface area contributed by atoms with E-state index in [9.17, 15) is 24.6 Å². The number of fused-ring (bicyclic) bond motifs is 1. The first-order valence-electron chi connectivity index (χ1n) is 6.39. The molecule has 8 heteroatoms. The topological polar surface area (TPSA) is 107 Å². The van der Waals surface area contributed by atoms with E-state index in [0.717, 1.165) is 11.8 Å². The second-order valence-corrected chi connectivity index (χ2v) is 5.89. The molecule has 1 saturated heterocycles. The van der Waals surface area contributed by atoms with Gasteiger partial charge in [0.05, 0.1) is 11.0 Å². The Morgan fingerprint density at radius 2 is 2.19 bits per heavy atom. The number of aliphatic carboxylic acids is 1. The molecule has 0 radical (unpaired) electrons. The highest BCUT2D eigenvalue weighted by atomic mass is 32.2. The number of ketones is 1. The van der Waals surface area contributed by atoms with E-state index in [1.807, 2.05) is 0 Å². The van der Waals surface area contributed by atoms with Gasteiger partial charge in [0.15, 0.2) is 5.78 Å². The fourth-order valence-corrected chi connectivity index (χ4v) is 3.31. The molecule has 7 nitrogen and oxygen atoms in total. The van der Waals surface area contributed by atoms with Gasteiger partial charge in [-0.25, -0.2) is 4.79 Å². The van der Waals surface area contributed by atoms with E-state index in [4.69, 9.17) is 0 Å². The largest absolute Gasteiger partial charge is 0.477 e. The van der Waals surface area contributed by atoms with Crippen molar-refractivity contribution < 1.29 is 24.6 Å². The third-order valence-electron chi connectivity index (χ3n) is 3.51. The van der Waals surface area contributed by atoms with Crippen LogP contribution in [0, 0.1) is 5.92 Å². The Kier molecular flexibility index (Phi) is 4.38. The zero-order valence-electron chi connectivity index (χ0n) is 11.6. The molecule has 0 aromatic rings. The predicted molar refractivity (Wildman–Crippen MR) is 75.9 cm³/mol. The zero-order valence-corrected chi connectivity index (χ0v) is 12.4. The lowest BCUT2D eigenvalue weighted by molar-refractivity contribution is -0.138. The summed E-state index contributed by atoms with van der Waals surface area (Å²) in [6, 6.07) is -0.590. The second kappa shape index (κ2) is 5.90. The number of carboxylic acid groups (broad SMARTS) is 1. The first kappa shape index (κ1) is 15.6. The highest BCUT2D eigenvalue weighted by Crippen LogP contribution is 2.44. The molecule has 1 fully saturated rings. The van der Waals surface area contributed by atoms with Crippen molar-refractivity contribution in [2.24, 2.45) is 5.92 Å². The summed E-state index contributed by atoms with van der Waals surface area (Å²) in [5, 5.41) is 22.8. The number of thioether (sulfide) groups is 1. The van der Waals surface area contributed by atoms with Crippen LogP contribution in [0.1, 0.15) is 13.8 Å². The molecule has 21 heavy (non-hydrogen) atoms. The molecule has 2 rings (SSSR count). The second-order valence-electron chi connectivity index (χ2n) is 4.97. The minimum Gasteiger partial charge on any atom is -0.477 e. The number of carboxylic acids is 1. The average molecular weight is 312 g/mol. The van der Waals surface area contributed by atoms with Crippen molar-refractivity contribution in [3.63, 3.8) is 0 Å². The maximum Gasteiger partial charge on any atom is 0.353 e. The minimum absolute atomic E-state index is 0.0284. The number of amides is 1. The number of nitrogens with one attached hydrogen (secondary N) is 1. The summed E-state index contributed by atoms with van der Waals surface area (Å²) in [7, 11) is 0. The van der Waals surface area contributed by atoms with Crippen molar-refractivity contribution in [3.8, 4) is 0 Å². The van der Waals surface area contributed by atoms with Crippen LogP contribution in [-0.4, -0.2) is 51.5 Å². The van der Waals surface area contributed by atoms with Gasteiger partial charge in [0.2, 0.25) is 5.91 Å². The van der Waals surface area contributed by atoms with Crippen LogP contribution in [0.5, 0.6) is 0 Å². The number of hydrogen-bond donors (Lipinski definition) is 3. The third kappa shape index (κ3) is 2.81. The number of aliphatic hydroxyl groups excluding tert-OH is 1. The lowest BCUT2D eigenvalue weighted by Gasteiger charge is -2.45. The molecule has 1 amide bonds. The Bertz CT molecular complexity index is 555. The Hall–Kier alpha value is -1.80. The average Bonchev–Trinajstić information content (AvgIpc) is 2.53. The van der Waals surface area contributed by atoms with Gasteiger partial charge < -0.3 is 20.4 Å². The van der Waals surface area contributed by atoms with Crippen LogP contribution in [0.2, 0.25) is 0 Å². The van der Waals surface area contributed by atoms with E-state index in [1.54, 1.807) is 6.92 Å². The molecule has 114 valence electrons. The first-order valence-corrected chi connectivity index (χ1v) is 7.27. The SMILES string of the molecule is CC(=O)N/C=C/SC1=C(C(=O)O)N2CC(C(C)O)C2C1=O. The molecule has 2 aliphatic heterocycles. The van der Waals surface area contributed by atoms with Gasteiger partial charge >= 0.3 is 5.97 Å². The maximum atomic E-state index is 12.3. The molecule has 0 aromatic heterocycles. The number of hydrogen-bond acceptors (Lipinski definition) is 6. The van der Waals surface area contributed by atoms with Gasteiger partial charge in [-0.2, -0.15) is 0 Å². The monoisotopic (exact) mass is 312 g/mol. The number of Topliss-reactive ketones (excluding diaryl/α,β-unsaturated/α-hetero) is 1. The standard InChI is InChI=1S/C13H16N2O5S/c1-6(16)8-5-15-9(8)11(18)12(10(15)13(19)20)21-4-3-14-7(2)17/h3-4,6,8-9,16H,5H2,1-2H3,(H,14,17)(H,19,20)/b4-3+. The van der Waals surface area contributed by atoms with E-state index in [0.29, 0.717) is 6.54 Å². The van der Waals surface area contributed by atoms with E-state index in [2.05, 4.69) is 5.32 Å². The Morgan fingerprint density at radius 3 is 2.71 bits per heavy atom. The molecular formula is C13H16N2O5S. The quantitative estimate of drug-likeness (QED) is 0.650. The van der Waals surface area contributed by atoms with E-state index in [1.165, 1.54) is 23.4 Å². The molecule has 3 N–H and O–H groups in total. The van der Waals surface area contributed by atoms with Crippen molar-refractivity contribution in [2.45, 2.75) is 26.0 Å². The van der Waals surface area contributed by atoms with Crippen LogP contribution in [0.3, 0.4) is 0 Å². The van der Waals surface area contributed by atoms with E-state index < -0.39 is 18.1 Å². The molecule has 0 aliphatic carbocycles. The van der Waals surface area contributed by atoms with Crippen molar-refractivity contribution in [3.05, 3.63) is 22.2 Å². The molecule has 3 atom stereocenters. The number of carbonyl (C=O) groups is 3. The Labute approximate surface area is 125 Å². The summed E-state index contributed by atoms with van der Waals surface area (Å²) in [6.45, 7) is 3.30. The number of aliphatic hydroxyl groups is 1. The molecule has 2 aliphatic rings. The summed E-state index contributed by atoms with van der Waals surface area (Å²) in [5.41, 5.74) is -0.0284. The van der Waals surface area contributed by atoms with Gasteiger partial charge in [0, 0.05) is 25.6 Å². The summed E-state index contributed by atoms with van der Waals surface area (Å²) < 4.78 is 0. The summed E-state index contributed by atoms with van der Waals surface area (Å²) in [5.74, 6) is -1.95. The van der Waals surface area contributed by atoms with Gasteiger partial charge in [0.25, 0.3) is 0 Å². The van der Waals surface area contributed by atoms with Gasteiger partial charge in [0.1, 0.15) is 11.7 Å². The Morgan fingerprint density at radius 1 is 1.52 bits per heavy atom. The third-order valence-corrected chi connectivity index (χ3v) is 4.41. The number of carbonyl (C=O) groups excluding carboxylic acids is 2. The van der Waals surface area contributed by atoms with Crippen molar-refractivity contribution in [2.75, 3.05) is 6.54 Å². The molecule has 0 bridgehead atoms. The van der Waals surface area contributed by atoms with Crippen LogP contribution >= 0.6 is 11.8 Å². The summed E-state index contributed by atoms with van der Waals surface area (Å²) >= 11 is 0.962. The zero-order chi connectivity index (χ0) is 15.7. The molecule has 0 saturated carbocycles. The minimum atomic E-state index is -1.16. The fraction of sp³-hybridized carbons (Fsp3) is 0.462. The highest BCUT2D eigenvalue weighted by Gasteiger charge is 2.55. The predicted octanol–water partition coefficient (Wildman–Crippen LogP) is -0.113. The van der Waals surface area contributed by atoms with Crippen molar-refractivity contribution >= 4 is 29.4 Å². The molecular weight excluding hydrogens is 296 g/mol. The van der Waals surface area contributed by atoms with Crippen molar-refractivity contribution in [1.29, 1.82) is 0 Å². The van der Waals surface area contributed by atoms with Crippen LogP contribution in [-0.2, 0) is 14.4 Å². The van der Waals surface area contributed by atoms with Gasteiger partial charge in [-0.3, -0.25) is 9.59 Å². The van der Waals surface area contributed by atoms with Gasteiger partial charge in [-0.15, -0.1) is 0 Å². The summed E-state index contributed by atoms with van der Waals surface area (Å²) in [6.07, 6.45) is 0.693. The van der Waals surface area contributed by atoms with E-state index in [-0.39, 0.29) is 28.2 Å². The first-order chi connectivity index (χ1) is 9.84. The lowest BCUT2D eigenvalue weighted by Crippen LogP contribution is -2.59. The van der Waals surface area contributed by atoms with Crippen molar-refractivity contribution in [1.82, 2.24) is 10.2 Å². The van der Waals surface area contributed by atoms with Crippen LogP contribution in [0.15, 0.2) is 22.2 Å². The van der Waals surface area contributed by atoms with Gasteiger partial charge in [-0.1, -0.05) is 11.8 Å². The molecule has 2 heterocycles. The fourth-order valence-electron chi connectivity index (χ4n) is 2.49. The summed E-state index contributed by atoms with van der Waals surface area (Å²) in [4.78, 5) is 36.0. The van der Waals surface area contributed by atoms with Gasteiger partial charge in [-0.05, 0) is 12.3 Å². The maximum absolute atomic E-state index is 12.3. The normalized spacial score (nSPS) is 25.9. The van der Waals surface area contributed by atoms with Crippen LogP contribution in [0.4, 0.5) is 0 Å². The van der Waals surface area contributed by atoms with Crippen LogP contribution in [0.25, 0.3) is 0 Å². The Balaban J connectivity index is 2.16.